The number of rotatable bonds is 8. The number of hydrazone groups is 1. The molecule has 1 aromatic rings. The van der Waals surface area contributed by atoms with Crippen molar-refractivity contribution in [3.8, 4) is 17.6 Å². The molecule has 1 rings (SSSR count). The summed E-state index contributed by atoms with van der Waals surface area (Å²) in [4.78, 5) is 11.1. The van der Waals surface area contributed by atoms with Gasteiger partial charge in [0.15, 0.2) is 18.1 Å². The average Bonchev–Trinajstić information content (AvgIpc) is 2.60. The highest BCUT2D eigenvalue weighted by Gasteiger charge is 2.76. The van der Waals surface area contributed by atoms with Crippen LogP contribution in [0, 0.1) is 11.3 Å². The molecule has 28 heavy (non-hydrogen) atoms. The molecule has 0 aromatic heterocycles. The van der Waals surface area contributed by atoms with Gasteiger partial charge in [0.05, 0.1) is 12.8 Å². The lowest BCUT2D eigenvalue weighted by molar-refractivity contribution is -0.344. The summed E-state index contributed by atoms with van der Waals surface area (Å²) < 4.78 is 98.1. The van der Waals surface area contributed by atoms with Crippen LogP contribution in [0.4, 0.5) is 30.7 Å². The molecule has 0 fully saturated rings. The summed E-state index contributed by atoms with van der Waals surface area (Å²) in [5.74, 6) is -15.3. The Bertz CT molecular complexity index is 773. The summed E-state index contributed by atoms with van der Waals surface area (Å²) in [6.45, 7) is 1.50. The van der Waals surface area contributed by atoms with Gasteiger partial charge in [0, 0.05) is 0 Å². The van der Waals surface area contributed by atoms with Crippen LogP contribution in [0.2, 0.25) is 0 Å². The van der Waals surface area contributed by atoms with Crippen molar-refractivity contribution in [2.24, 2.45) is 5.10 Å². The summed E-state index contributed by atoms with van der Waals surface area (Å²) in [6.07, 6.45) is -5.93. The first-order valence-corrected chi connectivity index (χ1v) is 7.31. The summed E-state index contributed by atoms with van der Waals surface area (Å²) in [5.41, 5.74) is 1.03. The molecule has 0 unspecified atom stereocenters. The Morgan fingerprint density at radius 2 is 1.82 bits per heavy atom. The second-order valence-electron chi connectivity index (χ2n) is 4.93. The maximum atomic E-state index is 13.1. The predicted molar refractivity (Wildman–Crippen MR) is 80.4 cm³/mol. The highest BCUT2D eigenvalue weighted by molar-refractivity contribution is 5.87. The third-order valence-corrected chi connectivity index (χ3v) is 2.98. The Kier molecular flexibility index (Phi) is 7.20. The van der Waals surface area contributed by atoms with Gasteiger partial charge in [0.2, 0.25) is 0 Å². The van der Waals surface area contributed by atoms with Crippen molar-refractivity contribution < 1.29 is 45.0 Å². The van der Waals surface area contributed by atoms with Crippen LogP contribution in [-0.4, -0.2) is 43.4 Å². The molecule has 0 heterocycles. The van der Waals surface area contributed by atoms with Crippen LogP contribution in [0.1, 0.15) is 12.5 Å². The van der Waals surface area contributed by atoms with Crippen molar-refractivity contribution in [2.45, 2.75) is 24.9 Å². The number of nitriles is 1. The molecule has 0 aliphatic carbocycles. The zero-order valence-electron chi connectivity index (χ0n) is 14.0. The fourth-order valence-electron chi connectivity index (χ4n) is 1.66. The molecule has 1 amide bonds. The van der Waals surface area contributed by atoms with Crippen molar-refractivity contribution in [1.29, 1.82) is 5.26 Å². The monoisotopic (exact) mass is 415 g/mol. The summed E-state index contributed by atoms with van der Waals surface area (Å²) >= 11 is 0. The fourth-order valence-corrected chi connectivity index (χ4v) is 1.66. The third-order valence-electron chi connectivity index (χ3n) is 2.98. The van der Waals surface area contributed by atoms with Gasteiger partial charge < -0.3 is 9.47 Å². The van der Waals surface area contributed by atoms with Gasteiger partial charge >= 0.3 is 23.9 Å². The van der Waals surface area contributed by atoms with Crippen molar-refractivity contribution in [3.63, 3.8) is 0 Å². The number of carbonyl (C=O) groups excluding carboxylic acids is 1. The smallest absolute Gasteiger partial charge is 0.460 e. The highest BCUT2D eigenvalue weighted by atomic mass is 19.4. The number of carbonyl (C=O) groups is 1. The summed E-state index contributed by atoms with van der Waals surface area (Å²) in [6, 6.07) is 5.54. The molecule has 6 nitrogen and oxygen atoms in total. The van der Waals surface area contributed by atoms with Gasteiger partial charge in [-0.15, -0.1) is 0 Å². The molecule has 0 saturated carbocycles. The molecule has 13 heteroatoms. The van der Waals surface area contributed by atoms with Crippen molar-refractivity contribution >= 4 is 12.1 Å². The third kappa shape index (κ3) is 5.02. The molecule has 0 bridgehead atoms. The number of nitrogens with zero attached hydrogens (tertiary/aromatic N) is 2. The number of alkyl halides is 7. The first-order chi connectivity index (χ1) is 12.9. The first-order valence-electron chi connectivity index (χ1n) is 7.31. The van der Waals surface area contributed by atoms with Gasteiger partial charge in [-0.25, -0.2) is 5.43 Å². The van der Waals surface area contributed by atoms with E-state index in [0.717, 1.165) is 5.43 Å². The highest BCUT2D eigenvalue weighted by Crippen LogP contribution is 2.46. The second kappa shape index (κ2) is 8.77. The van der Waals surface area contributed by atoms with Gasteiger partial charge in [-0.2, -0.15) is 41.1 Å². The number of nitrogens with one attached hydrogen (secondary N) is 1. The topological polar surface area (TPSA) is 83.7 Å². The maximum Gasteiger partial charge on any atom is 0.460 e. The number of hydrogen-bond acceptors (Lipinski definition) is 5. The molecule has 0 atom stereocenters. The Hall–Kier alpha value is -3.04. The number of halogens is 7. The molecule has 0 aliphatic heterocycles. The number of ether oxygens (including phenoxy) is 2. The van der Waals surface area contributed by atoms with E-state index >= 15 is 0 Å². The van der Waals surface area contributed by atoms with Crippen LogP contribution in [0.3, 0.4) is 0 Å². The zero-order chi connectivity index (χ0) is 21.6. The Balaban J connectivity index is 2.93. The quantitative estimate of drug-likeness (QED) is 0.401. The Morgan fingerprint density at radius 3 is 2.36 bits per heavy atom. The summed E-state index contributed by atoms with van der Waals surface area (Å²) in [7, 11) is 0. The van der Waals surface area contributed by atoms with Gasteiger partial charge in [-0.1, -0.05) is 0 Å². The number of amides is 1. The van der Waals surface area contributed by atoms with Crippen molar-refractivity contribution in [2.75, 3.05) is 13.2 Å². The molecule has 1 N–H and O–H groups in total. The first kappa shape index (κ1) is 23.0. The van der Waals surface area contributed by atoms with E-state index in [4.69, 9.17) is 14.7 Å². The normalized spacial score (nSPS) is 12.5. The Morgan fingerprint density at radius 1 is 1.18 bits per heavy atom. The molecule has 0 aliphatic rings. The SMILES string of the molecule is CCOc1cc(/C=N/NC(=O)C(F)(F)C(F)(F)C(F)(F)F)ccc1OCC#N. The molecular formula is C15H12F7N3O3. The lowest BCUT2D eigenvalue weighted by Gasteiger charge is -2.26. The average molecular weight is 415 g/mol. The fraction of sp³-hybridized carbons (Fsp3) is 0.400. The van der Waals surface area contributed by atoms with E-state index in [1.54, 1.807) is 13.0 Å². The molecule has 0 spiro atoms. The van der Waals surface area contributed by atoms with Crippen LogP contribution in [0.5, 0.6) is 11.5 Å². The van der Waals surface area contributed by atoms with E-state index in [2.05, 4.69) is 5.10 Å². The van der Waals surface area contributed by atoms with Crippen LogP contribution >= 0.6 is 0 Å². The van der Waals surface area contributed by atoms with E-state index in [0.29, 0.717) is 6.21 Å². The van der Waals surface area contributed by atoms with E-state index in [-0.39, 0.29) is 30.3 Å². The minimum atomic E-state index is -6.64. The Labute approximate surface area is 153 Å². The van der Waals surface area contributed by atoms with Crippen LogP contribution in [0.15, 0.2) is 23.3 Å². The van der Waals surface area contributed by atoms with E-state index in [1.165, 1.54) is 18.2 Å². The maximum absolute atomic E-state index is 13.1. The van der Waals surface area contributed by atoms with Crippen LogP contribution in [-0.2, 0) is 4.79 Å². The molecular weight excluding hydrogens is 403 g/mol. The van der Waals surface area contributed by atoms with E-state index in [9.17, 15) is 35.5 Å². The van der Waals surface area contributed by atoms with Crippen LogP contribution < -0.4 is 14.9 Å². The molecule has 154 valence electrons. The van der Waals surface area contributed by atoms with Gasteiger partial charge in [0.1, 0.15) is 6.07 Å². The summed E-state index contributed by atoms with van der Waals surface area (Å²) in [5, 5.41) is 11.4. The number of benzene rings is 1. The molecule has 1 aromatic carbocycles. The van der Waals surface area contributed by atoms with Gasteiger partial charge in [-0.3, -0.25) is 4.79 Å². The van der Waals surface area contributed by atoms with Crippen molar-refractivity contribution in [3.05, 3.63) is 23.8 Å². The zero-order valence-corrected chi connectivity index (χ0v) is 14.0. The van der Waals surface area contributed by atoms with E-state index < -0.39 is 23.9 Å². The van der Waals surface area contributed by atoms with Gasteiger partial charge in [0.25, 0.3) is 0 Å². The molecule has 0 radical (unpaired) electrons. The van der Waals surface area contributed by atoms with Crippen molar-refractivity contribution in [1.82, 2.24) is 5.43 Å². The van der Waals surface area contributed by atoms with Gasteiger partial charge in [-0.05, 0) is 30.7 Å². The number of hydrogen-bond donors (Lipinski definition) is 1. The minimum absolute atomic E-state index is 0.0963. The largest absolute Gasteiger partial charge is 0.490 e. The van der Waals surface area contributed by atoms with Crippen LogP contribution in [0.25, 0.3) is 0 Å². The second-order valence-corrected chi connectivity index (χ2v) is 4.93. The lowest BCUT2D eigenvalue weighted by atomic mass is 10.1. The lowest BCUT2D eigenvalue weighted by Crippen LogP contribution is -2.58. The predicted octanol–water partition coefficient (Wildman–Crippen LogP) is 3.27. The van der Waals surface area contributed by atoms with E-state index in [1.807, 2.05) is 0 Å². The molecule has 0 saturated heterocycles. The minimum Gasteiger partial charge on any atom is -0.490 e. The standard InChI is InChI=1S/C15H12F7N3O3/c1-2-27-11-7-9(3-4-10(11)28-6-5-23)8-24-25-12(26)13(16,17)14(18,19)15(20,21)22/h3-4,7-8H,2,6H2,1H3,(H,25,26)/b24-8+.